The third-order valence-corrected chi connectivity index (χ3v) is 2.46. The first kappa shape index (κ1) is 15.8. The maximum atomic E-state index is 11.5. The molecular formula is C15H19NO4. The Kier molecular flexibility index (Phi) is 6.89. The number of carbonyl (C=O) groups is 2. The average molecular weight is 277 g/mol. The van der Waals surface area contributed by atoms with E-state index in [1.54, 1.807) is 19.3 Å². The van der Waals surface area contributed by atoms with Crippen LogP contribution in [0.2, 0.25) is 0 Å². The van der Waals surface area contributed by atoms with E-state index < -0.39 is 5.97 Å². The smallest absolute Gasteiger partial charge is 0.331 e. The summed E-state index contributed by atoms with van der Waals surface area (Å²) in [4.78, 5) is 22.7. The van der Waals surface area contributed by atoms with Crippen LogP contribution in [0, 0.1) is 0 Å². The molecule has 0 aliphatic heterocycles. The largest absolute Gasteiger partial charge is 0.496 e. The zero-order chi connectivity index (χ0) is 14.8. The van der Waals surface area contributed by atoms with Crippen molar-refractivity contribution in [2.24, 2.45) is 0 Å². The lowest BCUT2D eigenvalue weighted by atomic mass is 10.2. The highest BCUT2D eigenvalue weighted by atomic mass is 16.5. The zero-order valence-corrected chi connectivity index (χ0v) is 11.7. The molecule has 5 heteroatoms. The minimum atomic E-state index is -0.567. The van der Waals surface area contributed by atoms with Crippen molar-refractivity contribution in [1.29, 1.82) is 0 Å². The van der Waals surface area contributed by atoms with Crippen LogP contribution in [-0.4, -0.2) is 32.1 Å². The second-order valence-corrected chi connectivity index (χ2v) is 4.03. The van der Waals surface area contributed by atoms with Gasteiger partial charge in [0.2, 0.25) is 0 Å². The SMILES string of the molecule is CCCNC(=O)COC(=O)/C=C/c1ccccc1OC. The first-order chi connectivity index (χ1) is 9.67. The summed E-state index contributed by atoms with van der Waals surface area (Å²) in [7, 11) is 1.56. The van der Waals surface area contributed by atoms with E-state index in [0.29, 0.717) is 12.3 Å². The maximum Gasteiger partial charge on any atom is 0.331 e. The van der Waals surface area contributed by atoms with Crippen LogP contribution >= 0.6 is 0 Å². The van der Waals surface area contributed by atoms with E-state index in [4.69, 9.17) is 9.47 Å². The van der Waals surface area contributed by atoms with Gasteiger partial charge >= 0.3 is 5.97 Å². The van der Waals surface area contributed by atoms with Crippen LogP contribution in [0.4, 0.5) is 0 Å². The minimum absolute atomic E-state index is 0.269. The molecule has 0 aliphatic carbocycles. The van der Waals surface area contributed by atoms with E-state index >= 15 is 0 Å². The number of amides is 1. The Morgan fingerprint density at radius 2 is 2.05 bits per heavy atom. The fraction of sp³-hybridized carbons (Fsp3) is 0.333. The molecule has 0 atom stereocenters. The van der Waals surface area contributed by atoms with E-state index in [-0.39, 0.29) is 12.5 Å². The topological polar surface area (TPSA) is 64.6 Å². The minimum Gasteiger partial charge on any atom is -0.496 e. The van der Waals surface area contributed by atoms with Crippen molar-refractivity contribution in [3.63, 3.8) is 0 Å². The van der Waals surface area contributed by atoms with Crippen molar-refractivity contribution in [3.05, 3.63) is 35.9 Å². The molecule has 0 saturated heterocycles. The number of ether oxygens (including phenoxy) is 2. The predicted octanol–water partition coefficient (Wildman–Crippen LogP) is 1.78. The highest BCUT2D eigenvalue weighted by Gasteiger charge is 2.04. The fourth-order valence-electron chi connectivity index (χ4n) is 1.46. The molecule has 0 heterocycles. The molecule has 20 heavy (non-hydrogen) atoms. The lowest BCUT2D eigenvalue weighted by Crippen LogP contribution is -2.28. The third kappa shape index (κ3) is 5.56. The number of rotatable bonds is 7. The van der Waals surface area contributed by atoms with Crippen LogP contribution in [0.3, 0.4) is 0 Å². The zero-order valence-electron chi connectivity index (χ0n) is 11.7. The Labute approximate surface area is 118 Å². The number of esters is 1. The highest BCUT2D eigenvalue weighted by Crippen LogP contribution is 2.18. The van der Waals surface area contributed by atoms with Crippen LogP contribution < -0.4 is 10.1 Å². The summed E-state index contributed by atoms with van der Waals surface area (Å²) in [6.45, 7) is 2.25. The molecular weight excluding hydrogens is 258 g/mol. The van der Waals surface area contributed by atoms with Crippen LogP contribution in [0.25, 0.3) is 6.08 Å². The number of hydrogen-bond acceptors (Lipinski definition) is 4. The Hall–Kier alpha value is -2.30. The van der Waals surface area contributed by atoms with Gasteiger partial charge in [0.15, 0.2) is 6.61 Å². The Bertz CT molecular complexity index is 483. The molecule has 0 bridgehead atoms. The first-order valence-electron chi connectivity index (χ1n) is 6.42. The molecule has 0 unspecified atom stereocenters. The molecule has 5 nitrogen and oxygen atoms in total. The van der Waals surface area contributed by atoms with Crippen molar-refractivity contribution in [2.45, 2.75) is 13.3 Å². The van der Waals surface area contributed by atoms with Crippen molar-refractivity contribution < 1.29 is 19.1 Å². The van der Waals surface area contributed by atoms with Gasteiger partial charge in [0.25, 0.3) is 5.91 Å². The predicted molar refractivity (Wildman–Crippen MR) is 76.3 cm³/mol. The highest BCUT2D eigenvalue weighted by molar-refractivity contribution is 5.89. The van der Waals surface area contributed by atoms with Gasteiger partial charge in [-0.1, -0.05) is 25.1 Å². The first-order valence-corrected chi connectivity index (χ1v) is 6.42. The molecule has 0 spiro atoms. The van der Waals surface area contributed by atoms with Crippen molar-refractivity contribution in [3.8, 4) is 5.75 Å². The number of hydrogen-bond donors (Lipinski definition) is 1. The van der Waals surface area contributed by atoms with Gasteiger partial charge in [0.05, 0.1) is 7.11 Å². The monoisotopic (exact) mass is 277 g/mol. The molecule has 0 saturated carbocycles. The summed E-state index contributed by atoms with van der Waals surface area (Å²) in [5.41, 5.74) is 0.766. The van der Waals surface area contributed by atoms with E-state index in [0.717, 1.165) is 12.0 Å². The van der Waals surface area contributed by atoms with Gasteiger partial charge in [-0.25, -0.2) is 4.79 Å². The molecule has 1 aromatic carbocycles. The van der Waals surface area contributed by atoms with Gasteiger partial charge in [-0.2, -0.15) is 0 Å². The molecule has 108 valence electrons. The summed E-state index contributed by atoms with van der Waals surface area (Å²) < 4.78 is 9.97. The number of benzene rings is 1. The maximum absolute atomic E-state index is 11.5. The number of carbonyl (C=O) groups excluding carboxylic acids is 2. The lowest BCUT2D eigenvalue weighted by Gasteiger charge is -2.04. The van der Waals surface area contributed by atoms with E-state index in [1.165, 1.54) is 6.08 Å². The molecule has 0 aliphatic rings. The number of para-hydroxylation sites is 1. The van der Waals surface area contributed by atoms with Gasteiger partial charge in [0.1, 0.15) is 5.75 Å². The molecule has 1 rings (SSSR count). The standard InChI is InChI=1S/C15H19NO4/c1-3-10-16-14(17)11-20-15(18)9-8-12-6-4-5-7-13(12)19-2/h4-9H,3,10-11H2,1-2H3,(H,16,17)/b9-8+. The lowest BCUT2D eigenvalue weighted by molar-refractivity contribution is -0.143. The van der Waals surface area contributed by atoms with E-state index in [2.05, 4.69) is 5.32 Å². The van der Waals surface area contributed by atoms with Crippen molar-refractivity contribution in [2.75, 3.05) is 20.3 Å². The van der Waals surface area contributed by atoms with Crippen LogP contribution in [0.5, 0.6) is 5.75 Å². The summed E-state index contributed by atoms with van der Waals surface area (Å²) in [6, 6.07) is 7.29. The molecule has 0 radical (unpaired) electrons. The molecule has 0 fully saturated rings. The van der Waals surface area contributed by atoms with Gasteiger partial charge in [-0.15, -0.1) is 0 Å². The number of methoxy groups -OCH3 is 1. The van der Waals surface area contributed by atoms with E-state index in [9.17, 15) is 9.59 Å². The van der Waals surface area contributed by atoms with Gasteiger partial charge < -0.3 is 14.8 Å². The summed E-state index contributed by atoms with van der Waals surface area (Å²) >= 11 is 0. The molecule has 0 aromatic heterocycles. The molecule has 1 aromatic rings. The van der Waals surface area contributed by atoms with Gasteiger partial charge in [0, 0.05) is 18.2 Å². The number of nitrogens with one attached hydrogen (secondary N) is 1. The van der Waals surface area contributed by atoms with E-state index in [1.807, 2.05) is 25.1 Å². The normalized spacial score (nSPS) is 10.3. The fourth-order valence-corrected chi connectivity index (χ4v) is 1.46. The van der Waals surface area contributed by atoms with Crippen LogP contribution in [0.1, 0.15) is 18.9 Å². The third-order valence-electron chi connectivity index (χ3n) is 2.46. The average Bonchev–Trinajstić information content (AvgIpc) is 2.48. The quantitative estimate of drug-likeness (QED) is 0.609. The molecule has 1 amide bonds. The molecule has 1 N–H and O–H groups in total. The second kappa shape index (κ2) is 8.74. The summed E-state index contributed by atoms with van der Waals surface area (Å²) in [5, 5.41) is 2.62. The summed E-state index contributed by atoms with van der Waals surface area (Å²) in [5.74, 6) is -0.203. The van der Waals surface area contributed by atoms with Crippen molar-refractivity contribution in [1.82, 2.24) is 5.32 Å². The second-order valence-electron chi connectivity index (χ2n) is 4.03. The van der Waals surface area contributed by atoms with Crippen LogP contribution in [0.15, 0.2) is 30.3 Å². The Morgan fingerprint density at radius 1 is 1.30 bits per heavy atom. The van der Waals surface area contributed by atoms with Crippen LogP contribution in [-0.2, 0) is 14.3 Å². The van der Waals surface area contributed by atoms with Crippen molar-refractivity contribution >= 4 is 18.0 Å². The van der Waals surface area contributed by atoms with Gasteiger partial charge in [-0.3, -0.25) is 4.79 Å². The van der Waals surface area contributed by atoms with Gasteiger partial charge in [-0.05, 0) is 18.6 Å². The summed E-state index contributed by atoms with van der Waals surface area (Å²) in [6.07, 6.45) is 3.70. The Morgan fingerprint density at radius 3 is 2.75 bits per heavy atom. The Balaban J connectivity index is 2.45.